The first-order valence-electron chi connectivity index (χ1n) is 10.6. The molecule has 0 atom stereocenters. The van der Waals surface area contributed by atoms with Crippen LogP contribution < -0.4 is 10.2 Å². The fourth-order valence-electron chi connectivity index (χ4n) is 3.94. The topological polar surface area (TPSA) is 82.6 Å². The average Bonchev–Trinajstić information content (AvgIpc) is 3.11. The lowest BCUT2D eigenvalue weighted by Gasteiger charge is -2.27. The highest BCUT2D eigenvalue weighted by atomic mass is 32.2. The smallest absolute Gasteiger partial charge is 0.261 e. The van der Waals surface area contributed by atoms with Crippen molar-refractivity contribution in [2.75, 3.05) is 24.5 Å². The summed E-state index contributed by atoms with van der Waals surface area (Å²) in [6, 6.07) is 8.93. The van der Waals surface area contributed by atoms with Crippen molar-refractivity contribution in [3.63, 3.8) is 0 Å². The maximum atomic E-state index is 13.1. The molecule has 3 heterocycles. The summed E-state index contributed by atoms with van der Waals surface area (Å²) >= 11 is 1.41. The standard InChI is InChI=1S/C23H26N4O3S/c1-15(2)27-18-9-8-16(21(29)24-11-5-13-26-12-4-7-20(26)28)14-19(18)31-22-17(23(27)30)6-3-10-25-22/h3,6,8-10,14-15H,4-5,7,11-13H2,1-2H3,(H,24,29). The Morgan fingerprint density at radius 2 is 2.10 bits per heavy atom. The van der Waals surface area contributed by atoms with Crippen LogP contribution in [0.2, 0.25) is 0 Å². The summed E-state index contributed by atoms with van der Waals surface area (Å²) in [5, 5.41) is 3.58. The van der Waals surface area contributed by atoms with Crippen molar-refractivity contribution in [1.29, 1.82) is 0 Å². The number of pyridine rings is 1. The van der Waals surface area contributed by atoms with Gasteiger partial charge in [-0.2, -0.15) is 0 Å². The summed E-state index contributed by atoms with van der Waals surface area (Å²) in [4.78, 5) is 46.3. The maximum absolute atomic E-state index is 13.1. The van der Waals surface area contributed by atoms with Gasteiger partial charge in [-0.3, -0.25) is 14.4 Å². The van der Waals surface area contributed by atoms with Crippen molar-refractivity contribution in [3.05, 3.63) is 47.7 Å². The largest absolute Gasteiger partial charge is 0.352 e. The molecule has 1 fully saturated rings. The number of hydrogen-bond donors (Lipinski definition) is 1. The van der Waals surface area contributed by atoms with E-state index < -0.39 is 0 Å². The third kappa shape index (κ3) is 4.44. The molecule has 4 rings (SSSR count). The van der Waals surface area contributed by atoms with Gasteiger partial charge in [0.15, 0.2) is 0 Å². The van der Waals surface area contributed by atoms with E-state index in [-0.39, 0.29) is 23.8 Å². The molecule has 162 valence electrons. The molecule has 2 aromatic rings. The Morgan fingerprint density at radius 3 is 2.84 bits per heavy atom. The van der Waals surface area contributed by atoms with Crippen LogP contribution in [-0.4, -0.2) is 53.3 Å². The molecular weight excluding hydrogens is 412 g/mol. The first kappa shape index (κ1) is 21.4. The molecule has 3 amide bonds. The van der Waals surface area contributed by atoms with E-state index in [1.165, 1.54) is 11.8 Å². The van der Waals surface area contributed by atoms with E-state index in [0.29, 0.717) is 35.7 Å². The minimum Gasteiger partial charge on any atom is -0.352 e. The highest BCUT2D eigenvalue weighted by molar-refractivity contribution is 7.99. The van der Waals surface area contributed by atoms with Crippen molar-refractivity contribution in [2.45, 2.75) is 49.1 Å². The van der Waals surface area contributed by atoms with E-state index in [1.807, 2.05) is 30.9 Å². The van der Waals surface area contributed by atoms with E-state index in [0.717, 1.165) is 30.0 Å². The molecular formula is C23H26N4O3S. The monoisotopic (exact) mass is 438 g/mol. The molecule has 1 N–H and O–H groups in total. The maximum Gasteiger partial charge on any atom is 0.261 e. The zero-order valence-corrected chi connectivity index (χ0v) is 18.6. The number of rotatable bonds is 6. The molecule has 2 aliphatic heterocycles. The minimum atomic E-state index is -0.163. The first-order valence-corrected chi connectivity index (χ1v) is 11.4. The molecule has 1 aromatic heterocycles. The van der Waals surface area contributed by atoms with Crippen LogP contribution in [0.4, 0.5) is 5.69 Å². The van der Waals surface area contributed by atoms with Crippen LogP contribution in [0, 0.1) is 0 Å². The Morgan fingerprint density at radius 1 is 1.26 bits per heavy atom. The molecule has 1 saturated heterocycles. The Labute approximate surface area is 186 Å². The number of benzene rings is 1. The lowest BCUT2D eigenvalue weighted by Crippen LogP contribution is -2.37. The normalized spacial score (nSPS) is 15.7. The lowest BCUT2D eigenvalue weighted by molar-refractivity contribution is -0.127. The van der Waals surface area contributed by atoms with Crippen molar-refractivity contribution < 1.29 is 14.4 Å². The summed E-state index contributed by atoms with van der Waals surface area (Å²) in [7, 11) is 0. The second-order valence-corrected chi connectivity index (χ2v) is 9.03. The number of nitrogens with one attached hydrogen (secondary N) is 1. The van der Waals surface area contributed by atoms with Gasteiger partial charge in [-0.05, 0) is 57.0 Å². The molecule has 0 aliphatic carbocycles. The van der Waals surface area contributed by atoms with Crippen LogP contribution in [0.1, 0.15) is 53.8 Å². The van der Waals surface area contributed by atoms with Crippen LogP contribution in [0.5, 0.6) is 0 Å². The molecule has 7 nitrogen and oxygen atoms in total. The van der Waals surface area contributed by atoms with Gasteiger partial charge in [0.25, 0.3) is 11.8 Å². The zero-order chi connectivity index (χ0) is 22.0. The molecule has 0 radical (unpaired) electrons. The average molecular weight is 439 g/mol. The molecule has 1 aromatic carbocycles. The Kier molecular flexibility index (Phi) is 6.27. The van der Waals surface area contributed by atoms with Crippen LogP contribution >= 0.6 is 11.8 Å². The summed E-state index contributed by atoms with van der Waals surface area (Å²) in [6.45, 7) is 5.94. The predicted octanol–water partition coefficient (Wildman–Crippen LogP) is 3.34. The fraction of sp³-hybridized carbons (Fsp3) is 0.391. The second kappa shape index (κ2) is 9.09. The number of aromatic nitrogens is 1. The summed E-state index contributed by atoms with van der Waals surface area (Å²) in [5.74, 6) is -0.0469. The van der Waals surface area contributed by atoms with Crippen LogP contribution in [0.25, 0.3) is 0 Å². The molecule has 0 saturated carbocycles. The number of nitrogens with zero attached hydrogens (tertiary/aromatic N) is 3. The Hall–Kier alpha value is -2.87. The van der Waals surface area contributed by atoms with Crippen molar-refractivity contribution >= 4 is 35.2 Å². The Bertz CT molecular complexity index is 1020. The van der Waals surface area contributed by atoms with E-state index in [2.05, 4.69) is 10.3 Å². The van der Waals surface area contributed by atoms with Gasteiger partial charge in [-0.15, -0.1) is 0 Å². The summed E-state index contributed by atoms with van der Waals surface area (Å²) in [5.41, 5.74) is 1.89. The molecule has 31 heavy (non-hydrogen) atoms. The second-order valence-electron chi connectivity index (χ2n) is 8.00. The van der Waals surface area contributed by atoms with Gasteiger partial charge in [0.05, 0.1) is 11.3 Å². The summed E-state index contributed by atoms with van der Waals surface area (Å²) < 4.78 is 0. The van der Waals surface area contributed by atoms with E-state index >= 15 is 0 Å². The lowest BCUT2D eigenvalue weighted by atomic mass is 10.1. The highest BCUT2D eigenvalue weighted by Crippen LogP contribution is 2.41. The van der Waals surface area contributed by atoms with Gasteiger partial charge in [0.2, 0.25) is 5.91 Å². The quantitative estimate of drug-likeness (QED) is 0.700. The molecule has 2 aliphatic rings. The van der Waals surface area contributed by atoms with E-state index in [4.69, 9.17) is 0 Å². The molecule has 8 heteroatoms. The fourth-order valence-corrected chi connectivity index (χ4v) is 4.99. The zero-order valence-electron chi connectivity index (χ0n) is 17.8. The predicted molar refractivity (Wildman–Crippen MR) is 120 cm³/mol. The van der Waals surface area contributed by atoms with Crippen molar-refractivity contribution in [3.8, 4) is 0 Å². The number of hydrogen-bond acceptors (Lipinski definition) is 5. The van der Waals surface area contributed by atoms with Crippen LogP contribution in [-0.2, 0) is 4.79 Å². The number of fused-ring (bicyclic) bond motifs is 2. The number of anilines is 1. The molecule has 0 bridgehead atoms. The first-order chi connectivity index (χ1) is 15.0. The van der Waals surface area contributed by atoms with Crippen LogP contribution in [0.3, 0.4) is 0 Å². The minimum absolute atomic E-state index is 0.0361. The number of amides is 3. The summed E-state index contributed by atoms with van der Waals surface area (Å²) in [6.07, 6.45) is 3.95. The van der Waals surface area contributed by atoms with Gasteiger partial charge >= 0.3 is 0 Å². The van der Waals surface area contributed by atoms with E-state index in [1.54, 1.807) is 29.3 Å². The van der Waals surface area contributed by atoms with Gasteiger partial charge < -0.3 is 15.1 Å². The third-order valence-corrected chi connectivity index (χ3v) is 6.55. The highest BCUT2D eigenvalue weighted by Gasteiger charge is 2.30. The van der Waals surface area contributed by atoms with Crippen molar-refractivity contribution in [1.82, 2.24) is 15.2 Å². The molecule has 0 unspecified atom stereocenters. The van der Waals surface area contributed by atoms with Gasteiger partial charge in [0, 0.05) is 48.8 Å². The SMILES string of the molecule is CC(C)N1C(=O)c2cccnc2Sc2cc(C(=O)NCCCN3CCCC3=O)ccc21. The number of carbonyl (C=O) groups excluding carboxylic acids is 3. The Balaban J connectivity index is 1.49. The van der Waals surface area contributed by atoms with Crippen LogP contribution in [0.15, 0.2) is 46.5 Å². The van der Waals surface area contributed by atoms with Gasteiger partial charge in [-0.25, -0.2) is 4.98 Å². The van der Waals surface area contributed by atoms with Gasteiger partial charge in [0.1, 0.15) is 5.03 Å². The van der Waals surface area contributed by atoms with Crippen molar-refractivity contribution in [2.24, 2.45) is 0 Å². The van der Waals surface area contributed by atoms with Gasteiger partial charge in [-0.1, -0.05) is 11.8 Å². The number of likely N-dealkylation sites (tertiary alicyclic amines) is 1. The number of carbonyl (C=O) groups is 3. The van der Waals surface area contributed by atoms with E-state index in [9.17, 15) is 14.4 Å². The molecule has 0 spiro atoms. The third-order valence-electron chi connectivity index (χ3n) is 5.49.